The van der Waals surface area contributed by atoms with Gasteiger partial charge in [-0.05, 0) is 49.9 Å². The number of rotatable bonds is 3. The van der Waals surface area contributed by atoms with E-state index in [4.69, 9.17) is 11.6 Å². The lowest BCUT2D eigenvalue weighted by Crippen LogP contribution is -2.45. The molecule has 0 spiro atoms. The number of thiophene rings is 1. The second kappa shape index (κ2) is 5.99. The van der Waals surface area contributed by atoms with Gasteiger partial charge in [-0.15, -0.1) is 11.3 Å². The van der Waals surface area contributed by atoms with Crippen molar-refractivity contribution in [1.82, 2.24) is 0 Å². The van der Waals surface area contributed by atoms with Crippen molar-refractivity contribution in [3.05, 3.63) is 50.9 Å². The standard InChI is InChI=1S/C18H17ClN2OS/c1-11-12(2)23-16(15(11)10-20)21-17(22)18(8-3-9-18)13-4-6-14(19)7-5-13/h4-7H,3,8-9H2,1-2H3,(H,21,22). The minimum atomic E-state index is -0.497. The van der Waals surface area contributed by atoms with Crippen LogP contribution in [0.4, 0.5) is 5.00 Å². The molecule has 0 unspecified atom stereocenters. The molecular formula is C18H17ClN2OS. The van der Waals surface area contributed by atoms with Gasteiger partial charge in [0.2, 0.25) is 5.91 Å². The van der Waals surface area contributed by atoms with Gasteiger partial charge in [-0.3, -0.25) is 4.79 Å². The highest BCUT2D eigenvalue weighted by Crippen LogP contribution is 2.45. The molecular weight excluding hydrogens is 328 g/mol. The molecule has 1 aliphatic rings. The van der Waals surface area contributed by atoms with Crippen molar-refractivity contribution in [3.63, 3.8) is 0 Å². The smallest absolute Gasteiger partial charge is 0.235 e. The highest BCUT2D eigenvalue weighted by molar-refractivity contribution is 7.16. The Hall–Kier alpha value is -1.83. The average Bonchev–Trinajstić information content (AvgIpc) is 2.74. The summed E-state index contributed by atoms with van der Waals surface area (Å²) in [6, 6.07) is 9.71. The van der Waals surface area contributed by atoms with Crippen molar-refractivity contribution in [2.24, 2.45) is 0 Å². The van der Waals surface area contributed by atoms with Crippen molar-refractivity contribution in [2.75, 3.05) is 5.32 Å². The first-order valence-electron chi connectivity index (χ1n) is 7.55. The topological polar surface area (TPSA) is 52.9 Å². The van der Waals surface area contributed by atoms with Gasteiger partial charge in [0.1, 0.15) is 11.1 Å². The Labute approximate surface area is 144 Å². The minimum absolute atomic E-state index is 0.0242. The maximum Gasteiger partial charge on any atom is 0.235 e. The Morgan fingerprint density at radius 2 is 1.96 bits per heavy atom. The Bertz CT molecular complexity index is 798. The molecule has 1 N–H and O–H groups in total. The Morgan fingerprint density at radius 1 is 1.30 bits per heavy atom. The normalized spacial score (nSPS) is 15.6. The first-order valence-corrected chi connectivity index (χ1v) is 8.75. The molecule has 1 heterocycles. The number of amides is 1. The van der Waals surface area contributed by atoms with Crippen LogP contribution in [0.15, 0.2) is 24.3 Å². The van der Waals surface area contributed by atoms with Crippen LogP contribution in [0.5, 0.6) is 0 Å². The molecule has 1 aliphatic carbocycles. The van der Waals surface area contributed by atoms with Crippen LogP contribution in [-0.2, 0) is 10.2 Å². The van der Waals surface area contributed by atoms with Crippen LogP contribution in [0.1, 0.15) is 40.8 Å². The molecule has 3 rings (SSSR count). The zero-order valence-electron chi connectivity index (χ0n) is 13.1. The molecule has 118 valence electrons. The van der Waals surface area contributed by atoms with Gasteiger partial charge in [-0.2, -0.15) is 5.26 Å². The predicted molar refractivity (Wildman–Crippen MR) is 94.1 cm³/mol. The summed E-state index contributed by atoms with van der Waals surface area (Å²) in [5, 5.41) is 13.7. The maximum atomic E-state index is 12.9. The summed E-state index contributed by atoms with van der Waals surface area (Å²) in [5.41, 5.74) is 2.02. The van der Waals surface area contributed by atoms with E-state index in [0.29, 0.717) is 15.6 Å². The number of carbonyl (C=O) groups excluding carboxylic acids is 1. The molecule has 5 heteroatoms. The molecule has 1 aromatic heterocycles. The number of nitrogens with one attached hydrogen (secondary N) is 1. The fourth-order valence-corrected chi connectivity index (χ4v) is 4.15. The van der Waals surface area contributed by atoms with Crippen LogP contribution < -0.4 is 5.32 Å². The van der Waals surface area contributed by atoms with Gasteiger partial charge < -0.3 is 5.32 Å². The van der Waals surface area contributed by atoms with Gasteiger partial charge in [-0.1, -0.05) is 30.2 Å². The second-order valence-electron chi connectivity index (χ2n) is 6.00. The molecule has 3 nitrogen and oxygen atoms in total. The minimum Gasteiger partial charge on any atom is -0.316 e. The Morgan fingerprint density at radius 3 is 2.48 bits per heavy atom. The van der Waals surface area contributed by atoms with E-state index in [1.165, 1.54) is 11.3 Å². The van der Waals surface area contributed by atoms with Crippen LogP contribution in [0.25, 0.3) is 0 Å². The van der Waals surface area contributed by atoms with Gasteiger partial charge in [0, 0.05) is 9.90 Å². The van der Waals surface area contributed by atoms with Gasteiger partial charge in [-0.25, -0.2) is 0 Å². The lowest BCUT2D eigenvalue weighted by Gasteiger charge is -2.40. The number of hydrogen-bond donors (Lipinski definition) is 1. The van der Waals surface area contributed by atoms with Crippen LogP contribution in [0.3, 0.4) is 0 Å². The van der Waals surface area contributed by atoms with Gasteiger partial charge in [0.25, 0.3) is 0 Å². The molecule has 1 amide bonds. The van der Waals surface area contributed by atoms with E-state index in [1.54, 1.807) is 0 Å². The summed E-state index contributed by atoms with van der Waals surface area (Å²) in [7, 11) is 0. The van der Waals surface area contributed by atoms with Crippen molar-refractivity contribution in [1.29, 1.82) is 5.26 Å². The highest BCUT2D eigenvalue weighted by atomic mass is 35.5. The van der Waals surface area contributed by atoms with E-state index in [1.807, 2.05) is 38.1 Å². The van der Waals surface area contributed by atoms with Crippen molar-refractivity contribution in [3.8, 4) is 6.07 Å². The maximum absolute atomic E-state index is 12.9. The van der Waals surface area contributed by atoms with Gasteiger partial charge in [0.05, 0.1) is 11.0 Å². The SMILES string of the molecule is Cc1sc(NC(=O)C2(c3ccc(Cl)cc3)CCC2)c(C#N)c1C. The first-order chi connectivity index (χ1) is 11.0. The Balaban J connectivity index is 1.91. The molecule has 1 fully saturated rings. The summed E-state index contributed by atoms with van der Waals surface area (Å²) >= 11 is 7.42. The average molecular weight is 345 g/mol. The molecule has 0 radical (unpaired) electrons. The number of nitriles is 1. The van der Waals surface area contributed by atoms with E-state index in [-0.39, 0.29) is 5.91 Å². The number of hydrogen-bond acceptors (Lipinski definition) is 3. The second-order valence-corrected chi connectivity index (χ2v) is 7.66. The summed E-state index contributed by atoms with van der Waals surface area (Å²) in [6.07, 6.45) is 2.68. The molecule has 23 heavy (non-hydrogen) atoms. The fraction of sp³-hybridized carbons (Fsp3) is 0.333. The van der Waals surface area contributed by atoms with E-state index in [9.17, 15) is 10.1 Å². The molecule has 0 bridgehead atoms. The Kier molecular flexibility index (Phi) is 4.18. The number of carbonyl (C=O) groups is 1. The van der Waals surface area contributed by atoms with E-state index in [0.717, 1.165) is 35.3 Å². The lowest BCUT2D eigenvalue weighted by molar-refractivity contribution is -0.124. The molecule has 0 saturated heterocycles. The van der Waals surface area contributed by atoms with Crippen molar-refractivity contribution in [2.45, 2.75) is 38.5 Å². The zero-order valence-corrected chi connectivity index (χ0v) is 14.6. The van der Waals surface area contributed by atoms with Gasteiger partial charge in [0.15, 0.2) is 0 Å². The molecule has 2 aromatic rings. The predicted octanol–water partition coefficient (Wildman–Crippen LogP) is 4.95. The van der Waals surface area contributed by atoms with Crippen LogP contribution in [0.2, 0.25) is 5.02 Å². The van der Waals surface area contributed by atoms with Crippen molar-refractivity contribution >= 4 is 33.8 Å². The van der Waals surface area contributed by atoms with Crippen LogP contribution in [-0.4, -0.2) is 5.91 Å². The van der Waals surface area contributed by atoms with E-state index in [2.05, 4.69) is 11.4 Å². The van der Waals surface area contributed by atoms with Gasteiger partial charge >= 0.3 is 0 Å². The summed E-state index contributed by atoms with van der Waals surface area (Å²) in [4.78, 5) is 14.0. The molecule has 0 aliphatic heterocycles. The third-order valence-corrected chi connectivity index (χ3v) is 6.14. The number of nitrogens with zero attached hydrogens (tertiary/aromatic N) is 1. The third-order valence-electron chi connectivity index (χ3n) is 4.76. The van der Waals surface area contributed by atoms with Crippen LogP contribution >= 0.6 is 22.9 Å². The summed E-state index contributed by atoms with van der Waals surface area (Å²) in [6.45, 7) is 3.88. The van der Waals surface area contributed by atoms with E-state index < -0.39 is 5.41 Å². The fourth-order valence-electron chi connectivity index (χ4n) is 3.02. The number of anilines is 1. The first kappa shape index (κ1) is 16.0. The van der Waals surface area contributed by atoms with Crippen LogP contribution in [0, 0.1) is 25.2 Å². The number of benzene rings is 1. The summed E-state index contributed by atoms with van der Waals surface area (Å²) in [5.74, 6) is -0.0242. The molecule has 1 aromatic carbocycles. The molecule has 1 saturated carbocycles. The quantitative estimate of drug-likeness (QED) is 0.856. The monoisotopic (exact) mass is 344 g/mol. The van der Waals surface area contributed by atoms with E-state index >= 15 is 0 Å². The zero-order chi connectivity index (χ0) is 16.6. The number of halogens is 1. The van der Waals surface area contributed by atoms with Crippen molar-refractivity contribution < 1.29 is 4.79 Å². The number of aryl methyl sites for hydroxylation is 1. The molecule has 0 atom stereocenters. The summed E-state index contributed by atoms with van der Waals surface area (Å²) < 4.78 is 0. The largest absolute Gasteiger partial charge is 0.316 e. The lowest BCUT2D eigenvalue weighted by atomic mass is 9.64. The highest BCUT2D eigenvalue weighted by Gasteiger charge is 2.45. The third kappa shape index (κ3) is 2.65.